The van der Waals surface area contributed by atoms with Crippen LogP contribution in [-0.4, -0.2) is 32.1 Å². The van der Waals surface area contributed by atoms with Crippen molar-refractivity contribution in [1.82, 2.24) is 0 Å². The normalized spacial score (nSPS) is 17.5. The Morgan fingerprint density at radius 3 is 3.00 bits per heavy atom. The molecule has 21 heavy (non-hydrogen) atoms. The fourth-order valence-electron chi connectivity index (χ4n) is 2.26. The maximum Gasteiger partial charge on any atom is 0.337 e. The van der Waals surface area contributed by atoms with Gasteiger partial charge in [0.1, 0.15) is 0 Å². The molecular weight excluding hydrogens is 340 g/mol. The van der Waals surface area contributed by atoms with E-state index in [1.807, 2.05) is 0 Å². The largest absolute Gasteiger partial charge is 0.465 e. The van der Waals surface area contributed by atoms with E-state index in [0.29, 0.717) is 35.2 Å². The Hall–Kier alpha value is -2.05. The molecule has 8 heteroatoms. The van der Waals surface area contributed by atoms with E-state index in [0.717, 1.165) is 0 Å². The highest BCUT2D eigenvalue weighted by atomic mass is 79.9. The molecule has 0 spiro atoms. The molecule has 0 aromatic heterocycles. The minimum Gasteiger partial charge on any atom is -0.465 e. The molecule has 0 radical (unpaired) electrons. The van der Waals surface area contributed by atoms with Gasteiger partial charge in [-0.1, -0.05) is 5.11 Å². The maximum absolute atomic E-state index is 12.1. The van der Waals surface area contributed by atoms with E-state index in [1.165, 1.54) is 7.11 Å². The zero-order valence-corrected chi connectivity index (χ0v) is 12.9. The molecule has 1 unspecified atom stereocenters. The maximum atomic E-state index is 12.1. The van der Waals surface area contributed by atoms with Crippen LogP contribution in [0.3, 0.4) is 0 Å². The van der Waals surface area contributed by atoms with Crippen LogP contribution in [0.2, 0.25) is 0 Å². The Labute approximate surface area is 129 Å². The molecule has 7 nitrogen and oxygen atoms in total. The smallest absolute Gasteiger partial charge is 0.337 e. The molecule has 1 amide bonds. The third-order valence-corrected chi connectivity index (χ3v) is 3.90. The molecule has 2 rings (SSSR count). The van der Waals surface area contributed by atoms with Gasteiger partial charge in [-0.3, -0.25) is 4.79 Å². The molecule has 1 aromatic rings. The topological polar surface area (TPSA) is 95.4 Å². The monoisotopic (exact) mass is 352 g/mol. The van der Waals surface area contributed by atoms with E-state index >= 15 is 0 Å². The van der Waals surface area contributed by atoms with Gasteiger partial charge in [0.05, 0.1) is 18.4 Å². The number of nitrogens with zero attached hydrogens (tertiary/aromatic N) is 4. The third kappa shape index (κ3) is 3.34. The Kier molecular flexibility index (Phi) is 4.82. The number of halogens is 1. The van der Waals surface area contributed by atoms with E-state index in [9.17, 15) is 9.59 Å². The van der Waals surface area contributed by atoms with Gasteiger partial charge in [-0.25, -0.2) is 4.79 Å². The number of rotatable bonds is 4. The lowest BCUT2D eigenvalue weighted by molar-refractivity contribution is -0.117. The molecule has 1 aliphatic heterocycles. The zero-order valence-electron chi connectivity index (χ0n) is 11.3. The van der Waals surface area contributed by atoms with Crippen LogP contribution in [0.15, 0.2) is 27.8 Å². The van der Waals surface area contributed by atoms with Crippen LogP contribution in [0.5, 0.6) is 0 Å². The molecule has 0 saturated carbocycles. The van der Waals surface area contributed by atoms with E-state index < -0.39 is 5.97 Å². The van der Waals surface area contributed by atoms with E-state index in [4.69, 9.17) is 5.53 Å². The number of benzene rings is 1. The van der Waals surface area contributed by atoms with Gasteiger partial charge in [-0.2, -0.15) is 0 Å². The van der Waals surface area contributed by atoms with Gasteiger partial charge in [0, 0.05) is 28.9 Å². The van der Waals surface area contributed by atoms with Crippen LogP contribution in [0, 0.1) is 5.92 Å². The molecule has 1 aromatic carbocycles. The van der Waals surface area contributed by atoms with Crippen molar-refractivity contribution in [2.75, 3.05) is 25.1 Å². The number of anilines is 1. The average molecular weight is 353 g/mol. The molecular formula is C13H13BrN4O3. The predicted molar refractivity (Wildman–Crippen MR) is 80.0 cm³/mol. The molecule has 0 bridgehead atoms. The van der Waals surface area contributed by atoms with Crippen molar-refractivity contribution < 1.29 is 14.3 Å². The first-order valence-corrected chi connectivity index (χ1v) is 7.05. The molecule has 0 aliphatic carbocycles. The number of carbonyl (C=O) groups excluding carboxylic acids is 2. The highest BCUT2D eigenvalue weighted by molar-refractivity contribution is 9.10. The predicted octanol–water partition coefficient (Wildman–Crippen LogP) is 2.90. The molecule has 1 saturated heterocycles. The van der Waals surface area contributed by atoms with Crippen molar-refractivity contribution in [2.24, 2.45) is 11.0 Å². The molecule has 110 valence electrons. The number of methoxy groups -OCH3 is 1. The van der Waals surface area contributed by atoms with Gasteiger partial charge in [-0.05, 0) is 45.6 Å². The van der Waals surface area contributed by atoms with Crippen molar-refractivity contribution in [3.8, 4) is 0 Å². The minimum atomic E-state index is -0.434. The van der Waals surface area contributed by atoms with E-state index in [2.05, 4.69) is 30.7 Å². The standard InChI is InChI=1S/C13H13BrN4O3/c1-21-13(20)9-2-3-11(10(14)5-9)18-7-8(4-12(18)19)6-16-17-15/h2-3,5,8H,4,6-7H2,1H3. The Morgan fingerprint density at radius 1 is 1.62 bits per heavy atom. The van der Waals surface area contributed by atoms with Crippen LogP contribution in [0.25, 0.3) is 10.4 Å². The number of ether oxygens (including phenoxy) is 1. The zero-order chi connectivity index (χ0) is 15.4. The van der Waals surface area contributed by atoms with Gasteiger partial charge < -0.3 is 9.64 Å². The number of esters is 1. The van der Waals surface area contributed by atoms with Gasteiger partial charge in [0.2, 0.25) is 5.91 Å². The number of azide groups is 1. The van der Waals surface area contributed by atoms with Crippen LogP contribution in [0.1, 0.15) is 16.8 Å². The minimum absolute atomic E-state index is 0.0144. The number of carbonyl (C=O) groups is 2. The molecule has 1 fully saturated rings. The summed E-state index contributed by atoms with van der Waals surface area (Å²) < 4.78 is 5.29. The summed E-state index contributed by atoms with van der Waals surface area (Å²) in [7, 11) is 1.31. The molecule has 1 aliphatic rings. The summed E-state index contributed by atoms with van der Waals surface area (Å²) in [6.07, 6.45) is 0.351. The number of hydrogen-bond acceptors (Lipinski definition) is 4. The van der Waals surface area contributed by atoms with Crippen molar-refractivity contribution in [2.45, 2.75) is 6.42 Å². The summed E-state index contributed by atoms with van der Waals surface area (Å²) in [5.74, 6) is -0.448. The van der Waals surface area contributed by atoms with E-state index in [-0.39, 0.29) is 11.8 Å². The van der Waals surface area contributed by atoms with Crippen molar-refractivity contribution in [3.63, 3.8) is 0 Å². The van der Waals surface area contributed by atoms with E-state index in [1.54, 1.807) is 23.1 Å². The lowest BCUT2D eigenvalue weighted by Crippen LogP contribution is -2.25. The number of hydrogen-bond donors (Lipinski definition) is 0. The van der Waals surface area contributed by atoms with Gasteiger partial charge in [-0.15, -0.1) is 0 Å². The average Bonchev–Trinajstić information content (AvgIpc) is 2.85. The molecule has 1 heterocycles. The van der Waals surface area contributed by atoms with Crippen LogP contribution < -0.4 is 4.90 Å². The summed E-state index contributed by atoms with van der Waals surface area (Å²) >= 11 is 3.37. The Bertz CT molecular complexity index is 628. The van der Waals surface area contributed by atoms with Gasteiger partial charge in [0.25, 0.3) is 0 Å². The summed E-state index contributed by atoms with van der Waals surface area (Å²) in [6.45, 7) is 0.796. The number of amides is 1. The van der Waals surface area contributed by atoms with Crippen molar-refractivity contribution >= 4 is 33.5 Å². The summed E-state index contributed by atoms with van der Waals surface area (Å²) in [5, 5.41) is 3.52. The van der Waals surface area contributed by atoms with Crippen LogP contribution in [-0.2, 0) is 9.53 Å². The quantitative estimate of drug-likeness (QED) is 0.360. The second kappa shape index (κ2) is 6.60. The highest BCUT2D eigenvalue weighted by Crippen LogP contribution is 2.32. The summed E-state index contributed by atoms with van der Waals surface area (Å²) in [5.41, 5.74) is 9.43. The third-order valence-electron chi connectivity index (χ3n) is 3.27. The first kappa shape index (κ1) is 15.3. The second-order valence-corrected chi connectivity index (χ2v) is 5.50. The first-order chi connectivity index (χ1) is 10.1. The van der Waals surface area contributed by atoms with Crippen LogP contribution >= 0.6 is 15.9 Å². The lowest BCUT2D eigenvalue weighted by atomic mass is 10.1. The second-order valence-electron chi connectivity index (χ2n) is 4.65. The summed E-state index contributed by atoms with van der Waals surface area (Å²) in [4.78, 5) is 27.9. The fraction of sp³-hybridized carbons (Fsp3) is 0.385. The summed E-state index contributed by atoms with van der Waals surface area (Å²) in [6, 6.07) is 4.93. The van der Waals surface area contributed by atoms with Crippen molar-refractivity contribution in [3.05, 3.63) is 38.7 Å². The van der Waals surface area contributed by atoms with Crippen molar-refractivity contribution in [1.29, 1.82) is 0 Å². The lowest BCUT2D eigenvalue weighted by Gasteiger charge is -2.18. The van der Waals surface area contributed by atoms with Crippen LogP contribution in [0.4, 0.5) is 5.69 Å². The molecule has 1 atom stereocenters. The Balaban J connectivity index is 2.20. The molecule has 0 N–H and O–H groups in total. The highest BCUT2D eigenvalue weighted by Gasteiger charge is 2.31. The van der Waals surface area contributed by atoms with Gasteiger partial charge >= 0.3 is 5.97 Å². The first-order valence-electron chi connectivity index (χ1n) is 6.26. The van der Waals surface area contributed by atoms with Gasteiger partial charge in [0.15, 0.2) is 0 Å². The fourth-order valence-corrected chi connectivity index (χ4v) is 2.85. The Morgan fingerprint density at radius 2 is 2.38 bits per heavy atom. The SMILES string of the molecule is COC(=O)c1ccc(N2CC(CN=[N+]=[N-])CC2=O)c(Br)c1.